The molecule has 0 bridgehead atoms. The maximum Gasteiger partial charge on any atom is 0.378 e. The van der Waals surface area contributed by atoms with Crippen LogP contribution >= 0.6 is 0 Å². The molecule has 0 aromatic heterocycles. The maximum absolute atomic E-state index is 11.6. The van der Waals surface area contributed by atoms with Crippen LogP contribution in [-0.2, 0) is 9.53 Å². The third kappa shape index (κ3) is 2.90. The van der Waals surface area contributed by atoms with Crippen LogP contribution in [0.3, 0.4) is 0 Å². The van der Waals surface area contributed by atoms with Gasteiger partial charge in [-0.1, -0.05) is 38.5 Å². The highest BCUT2D eigenvalue weighted by molar-refractivity contribution is 5.89. The molecule has 4 N–H and O–H groups in total. The third-order valence-corrected chi connectivity index (χ3v) is 6.16. The monoisotopic (exact) mass is 340 g/mol. The first-order valence-electron chi connectivity index (χ1n) is 9.19. The van der Waals surface area contributed by atoms with Gasteiger partial charge in [0.05, 0.1) is 6.10 Å². The van der Waals surface area contributed by atoms with Crippen molar-refractivity contribution in [3.8, 4) is 0 Å². The fourth-order valence-corrected chi connectivity index (χ4v) is 4.76. The Kier molecular flexibility index (Phi) is 5.06. The summed E-state index contributed by atoms with van der Waals surface area (Å²) in [5, 5.41) is 42.4. The minimum Gasteiger partial charge on any atom is -0.505 e. The van der Waals surface area contributed by atoms with Gasteiger partial charge in [-0.2, -0.15) is 0 Å². The van der Waals surface area contributed by atoms with E-state index in [-0.39, 0.29) is 11.8 Å². The summed E-state index contributed by atoms with van der Waals surface area (Å²) in [5.74, 6) is -2.90. The summed E-state index contributed by atoms with van der Waals surface area (Å²) in [6, 6.07) is 0. The first-order chi connectivity index (χ1) is 11.5. The molecule has 136 valence electrons. The highest BCUT2D eigenvalue weighted by Crippen LogP contribution is 2.45. The number of ether oxygens (including phenoxy) is 1. The van der Waals surface area contributed by atoms with Gasteiger partial charge < -0.3 is 25.2 Å². The van der Waals surface area contributed by atoms with Gasteiger partial charge in [0.1, 0.15) is 5.60 Å². The molecule has 0 radical (unpaired) electrons. The summed E-state index contributed by atoms with van der Waals surface area (Å²) in [7, 11) is 0. The second-order valence-corrected chi connectivity index (χ2v) is 7.58. The van der Waals surface area contributed by atoms with Gasteiger partial charge in [0, 0.05) is 0 Å². The molecular formula is C18H28O6. The first-order valence-corrected chi connectivity index (χ1v) is 9.19. The molecule has 3 rings (SSSR count). The zero-order valence-corrected chi connectivity index (χ0v) is 14.0. The van der Waals surface area contributed by atoms with Crippen molar-refractivity contribution in [3.05, 3.63) is 11.5 Å². The second kappa shape index (κ2) is 6.92. The lowest BCUT2D eigenvalue weighted by Crippen LogP contribution is -2.61. The summed E-state index contributed by atoms with van der Waals surface area (Å²) in [6.07, 6.45) is 6.63. The van der Waals surface area contributed by atoms with E-state index in [9.17, 15) is 25.2 Å². The fraction of sp³-hybridized carbons (Fsp3) is 0.833. The van der Waals surface area contributed by atoms with Crippen LogP contribution in [0.5, 0.6) is 0 Å². The summed E-state index contributed by atoms with van der Waals surface area (Å²) >= 11 is 0. The highest BCUT2D eigenvalue weighted by atomic mass is 16.6. The average Bonchev–Trinajstić information content (AvgIpc) is 2.89. The molecular weight excluding hydrogens is 312 g/mol. The van der Waals surface area contributed by atoms with Crippen LogP contribution < -0.4 is 0 Å². The number of carbonyl (C=O) groups excluding carboxylic acids is 1. The van der Waals surface area contributed by atoms with Crippen LogP contribution in [0.15, 0.2) is 11.5 Å². The van der Waals surface area contributed by atoms with Gasteiger partial charge in [0.15, 0.2) is 11.9 Å². The molecule has 1 unspecified atom stereocenters. The van der Waals surface area contributed by atoms with Crippen LogP contribution in [0.4, 0.5) is 0 Å². The average molecular weight is 340 g/mol. The smallest absolute Gasteiger partial charge is 0.378 e. The molecule has 0 saturated heterocycles. The predicted molar refractivity (Wildman–Crippen MR) is 86.3 cm³/mol. The van der Waals surface area contributed by atoms with E-state index in [2.05, 4.69) is 0 Å². The van der Waals surface area contributed by atoms with Crippen LogP contribution in [0.1, 0.15) is 64.2 Å². The van der Waals surface area contributed by atoms with Crippen LogP contribution in [0.2, 0.25) is 0 Å². The Morgan fingerprint density at radius 3 is 2.00 bits per heavy atom. The largest absolute Gasteiger partial charge is 0.505 e. The Morgan fingerprint density at radius 2 is 1.50 bits per heavy atom. The van der Waals surface area contributed by atoms with Gasteiger partial charge in [0.2, 0.25) is 5.76 Å². The number of aliphatic hydroxyl groups is 4. The molecule has 6 nitrogen and oxygen atoms in total. The number of hydrogen-bond acceptors (Lipinski definition) is 6. The number of esters is 1. The number of aliphatic hydroxyl groups excluding tert-OH is 3. The van der Waals surface area contributed by atoms with E-state index in [0.717, 1.165) is 51.4 Å². The molecule has 1 aliphatic heterocycles. The number of cyclic esters (lactones) is 1. The molecule has 3 aliphatic rings. The molecule has 0 amide bonds. The van der Waals surface area contributed by atoms with Gasteiger partial charge in [-0.05, 0) is 37.5 Å². The van der Waals surface area contributed by atoms with Crippen molar-refractivity contribution in [2.24, 2.45) is 11.8 Å². The Labute approximate surface area is 142 Å². The standard InChI is InChI=1S/C18H28O6/c19-13-14(20)17(22)24-16(13)18(23,12-9-5-2-6-10-12)15(21)11-7-3-1-4-8-11/h11-12,15-16,19-21,23H,1-10H2/t15?,16-,18-/m0/s1. The molecule has 0 aromatic rings. The van der Waals surface area contributed by atoms with Crippen LogP contribution in [0.25, 0.3) is 0 Å². The lowest BCUT2D eigenvalue weighted by Gasteiger charge is -2.47. The normalized spacial score (nSPS) is 30.9. The first kappa shape index (κ1) is 17.5. The van der Waals surface area contributed by atoms with Crippen molar-refractivity contribution in [2.75, 3.05) is 0 Å². The number of carbonyl (C=O) groups is 1. The fourth-order valence-electron chi connectivity index (χ4n) is 4.76. The van der Waals surface area contributed by atoms with Crippen molar-refractivity contribution < 1.29 is 30.0 Å². The number of hydrogen-bond donors (Lipinski definition) is 4. The van der Waals surface area contributed by atoms with Crippen LogP contribution in [-0.4, -0.2) is 44.2 Å². The molecule has 2 fully saturated rings. The summed E-state index contributed by atoms with van der Waals surface area (Å²) in [5.41, 5.74) is -1.76. The molecule has 3 atom stereocenters. The molecule has 6 heteroatoms. The summed E-state index contributed by atoms with van der Waals surface area (Å²) in [6.45, 7) is 0. The molecule has 2 aliphatic carbocycles. The SMILES string of the molecule is O=C1O[C@H]([C@](O)(C2CCCCC2)C(O)C2CCCCC2)C(O)=C1O. The zero-order valence-electron chi connectivity index (χ0n) is 14.0. The van der Waals surface area contributed by atoms with Crippen LogP contribution in [0, 0.1) is 11.8 Å². The molecule has 0 aromatic carbocycles. The van der Waals surface area contributed by atoms with Gasteiger partial charge in [-0.15, -0.1) is 0 Å². The topological polar surface area (TPSA) is 107 Å². The highest BCUT2D eigenvalue weighted by Gasteiger charge is 2.58. The van der Waals surface area contributed by atoms with Crippen molar-refractivity contribution >= 4 is 5.97 Å². The summed E-state index contributed by atoms with van der Waals surface area (Å²) in [4.78, 5) is 11.6. The molecule has 24 heavy (non-hydrogen) atoms. The third-order valence-electron chi connectivity index (χ3n) is 6.16. The lowest BCUT2D eigenvalue weighted by atomic mass is 9.66. The van der Waals surface area contributed by atoms with E-state index in [1.807, 2.05) is 0 Å². The van der Waals surface area contributed by atoms with E-state index in [4.69, 9.17) is 4.74 Å². The van der Waals surface area contributed by atoms with Gasteiger partial charge in [0.25, 0.3) is 0 Å². The van der Waals surface area contributed by atoms with E-state index in [1.165, 1.54) is 0 Å². The minimum atomic E-state index is -1.76. The van der Waals surface area contributed by atoms with Crippen molar-refractivity contribution in [1.82, 2.24) is 0 Å². The van der Waals surface area contributed by atoms with E-state index in [1.54, 1.807) is 0 Å². The molecule has 1 heterocycles. The second-order valence-electron chi connectivity index (χ2n) is 7.58. The van der Waals surface area contributed by atoms with Gasteiger partial charge >= 0.3 is 5.97 Å². The van der Waals surface area contributed by atoms with Crippen molar-refractivity contribution in [1.29, 1.82) is 0 Å². The zero-order chi connectivity index (χ0) is 17.3. The molecule has 0 spiro atoms. The minimum absolute atomic E-state index is 0.0834. The summed E-state index contributed by atoms with van der Waals surface area (Å²) < 4.78 is 5.09. The Bertz CT molecular complexity index is 504. The van der Waals surface area contributed by atoms with Crippen molar-refractivity contribution in [2.45, 2.75) is 82.0 Å². The maximum atomic E-state index is 11.6. The predicted octanol–water partition coefficient (Wildman–Crippen LogP) is 2.49. The van der Waals surface area contributed by atoms with Gasteiger partial charge in [-0.3, -0.25) is 0 Å². The Hall–Kier alpha value is -1.27. The Balaban J connectivity index is 1.92. The van der Waals surface area contributed by atoms with E-state index >= 15 is 0 Å². The van der Waals surface area contributed by atoms with E-state index in [0.29, 0.717) is 12.8 Å². The lowest BCUT2D eigenvalue weighted by molar-refractivity contribution is -0.205. The molecule has 2 saturated carbocycles. The number of rotatable bonds is 4. The van der Waals surface area contributed by atoms with Gasteiger partial charge in [-0.25, -0.2) is 4.79 Å². The van der Waals surface area contributed by atoms with Crippen molar-refractivity contribution in [3.63, 3.8) is 0 Å². The van der Waals surface area contributed by atoms with E-state index < -0.39 is 35.3 Å². The quantitative estimate of drug-likeness (QED) is 0.586. The Morgan fingerprint density at radius 1 is 0.958 bits per heavy atom.